The van der Waals surface area contributed by atoms with E-state index in [1.54, 1.807) is 11.6 Å². The van der Waals surface area contributed by atoms with Gasteiger partial charge in [-0.15, -0.1) is 5.10 Å². The normalized spacial score (nSPS) is 10.2. The van der Waals surface area contributed by atoms with Gasteiger partial charge in [0, 0.05) is 22.9 Å². The predicted molar refractivity (Wildman–Crippen MR) is 50.1 cm³/mol. The van der Waals surface area contributed by atoms with Crippen LogP contribution in [0, 0.1) is 0 Å². The second-order valence-electron chi connectivity index (χ2n) is 2.37. The third-order valence-electron chi connectivity index (χ3n) is 1.47. The van der Waals surface area contributed by atoms with Crippen LogP contribution >= 0.6 is 23.1 Å². The Balaban J connectivity index is 2.08. The van der Waals surface area contributed by atoms with Crippen LogP contribution in [0.2, 0.25) is 0 Å². The molecule has 13 heavy (non-hydrogen) atoms. The molecule has 0 bridgehead atoms. The largest absolute Gasteiger partial charge is 0.292 e. The van der Waals surface area contributed by atoms with Gasteiger partial charge in [0.15, 0.2) is 5.78 Å². The van der Waals surface area contributed by atoms with E-state index in [9.17, 15) is 4.79 Å². The molecule has 2 rings (SSSR count). The van der Waals surface area contributed by atoms with E-state index in [4.69, 9.17) is 0 Å². The summed E-state index contributed by atoms with van der Waals surface area (Å²) in [5, 5.41) is 5.36. The Morgan fingerprint density at radius 2 is 2.46 bits per heavy atom. The molecule has 0 unspecified atom stereocenters. The highest BCUT2D eigenvalue weighted by atomic mass is 32.1. The fourth-order valence-corrected chi connectivity index (χ4v) is 1.90. The molecule has 0 N–H and O–H groups in total. The van der Waals surface area contributed by atoms with Crippen molar-refractivity contribution in [2.24, 2.45) is 0 Å². The first-order valence-electron chi connectivity index (χ1n) is 3.56. The van der Waals surface area contributed by atoms with Crippen LogP contribution in [0.15, 0.2) is 17.6 Å². The molecule has 0 aromatic carbocycles. The number of carbonyl (C=O) groups excluding carboxylic acids is 1. The lowest BCUT2D eigenvalue weighted by molar-refractivity contribution is 0.0989. The maximum absolute atomic E-state index is 11.5. The number of rotatable bonds is 3. The summed E-state index contributed by atoms with van der Waals surface area (Å²) in [6.07, 6.45) is 2.06. The Kier molecular flexibility index (Phi) is 2.42. The van der Waals surface area contributed by atoms with Crippen molar-refractivity contribution in [1.82, 2.24) is 14.0 Å². The topological polar surface area (TPSA) is 55.7 Å². The number of hydrogen-bond acceptors (Lipinski definition) is 6. The predicted octanol–water partition coefficient (Wildman–Crippen LogP) is 1.42. The third kappa shape index (κ3) is 1.96. The van der Waals surface area contributed by atoms with Crippen molar-refractivity contribution in [3.05, 3.63) is 28.2 Å². The highest BCUT2D eigenvalue weighted by Crippen LogP contribution is 2.09. The van der Waals surface area contributed by atoms with Crippen molar-refractivity contribution in [3.8, 4) is 0 Å². The quantitative estimate of drug-likeness (QED) is 0.720. The molecule has 0 aliphatic rings. The Labute approximate surface area is 82.6 Å². The van der Waals surface area contributed by atoms with Gasteiger partial charge in [-0.2, -0.15) is 0 Å². The van der Waals surface area contributed by atoms with E-state index < -0.39 is 0 Å². The molecular weight excluding hydrogens is 206 g/mol. The molecule has 0 aliphatic heterocycles. The van der Waals surface area contributed by atoms with Crippen LogP contribution in [0.3, 0.4) is 0 Å². The smallest absolute Gasteiger partial charge is 0.189 e. The average Bonchev–Trinajstić information content (AvgIpc) is 2.74. The van der Waals surface area contributed by atoms with Crippen LogP contribution < -0.4 is 0 Å². The number of carbonyl (C=O) groups is 1. The highest BCUT2D eigenvalue weighted by Gasteiger charge is 2.10. The number of aromatic nitrogens is 3. The van der Waals surface area contributed by atoms with Gasteiger partial charge in [-0.05, 0) is 29.1 Å². The van der Waals surface area contributed by atoms with E-state index in [1.165, 1.54) is 23.1 Å². The Morgan fingerprint density at radius 3 is 3.08 bits per heavy atom. The molecule has 2 aromatic rings. The lowest BCUT2D eigenvalue weighted by Gasteiger charge is -1.90. The first kappa shape index (κ1) is 8.46. The molecule has 66 valence electrons. The Morgan fingerprint density at radius 1 is 1.54 bits per heavy atom. The summed E-state index contributed by atoms with van der Waals surface area (Å²) >= 11 is 2.52. The van der Waals surface area contributed by atoms with Gasteiger partial charge in [0.25, 0.3) is 0 Å². The molecule has 0 spiro atoms. The van der Waals surface area contributed by atoms with Gasteiger partial charge in [-0.25, -0.2) is 4.37 Å². The summed E-state index contributed by atoms with van der Waals surface area (Å²) in [6.45, 7) is 0. The summed E-state index contributed by atoms with van der Waals surface area (Å²) in [6, 6.07) is 1.84. The summed E-state index contributed by atoms with van der Waals surface area (Å²) in [7, 11) is 0. The van der Waals surface area contributed by atoms with Crippen molar-refractivity contribution in [3.63, 3.8) is 0 Å². The molecule has 2 aromatic heterocycles. The van der Waals surface area contributed by atoms with Gasteiger partial charge in [0.05, 0.1) is 0 Å². The fraction of sp³-hybridized carbons (Fsp3) is 0.143. The minimum atomic E-state index is -0.00185. The molecule has 2 heterocycles. The van der Waals surface area contributed by atoms with Crippen molar-refractivity contribution in [1.29, 1.82) is 0 Å². The summed E-state index contributed by atoms with van der Waals surface area (Å²) < 4.78 is 7.54. The second kappa shape index (κ2) is 3.71. The zero-order valence-electron chi connectivity index (χ0n) is 6.51. The lowest BCUT2D eigenvalue weighted by Crippen LogP contribution is -2.02. The zero-order chi connectivity index (χ0) is 9.10. The average molecular weight is 211 g/mol. The molecule has 0 amide bonds. The third-order valence-corrected chi connectivity index (χ3v) is 2.72. The van der Waals surface area contributed by atoms with E-state index in [0.29, 0.717) is 12.1 Å². The molecule has 0 radical (unpaired) electrons. The van der Waals surface area contributed by atoms with E-state index >= 15 is 0 Å². The van der Waals surface area contributed by atoms with Gasteiger partial charge in [-0.1, -0.05) is 4.49 Å². The molecule has 0 saturated heterocycles. The Hall–Kier alpha value is -1.14. The first-order valence-corrected chi connectivity index (χ1v) is 5.17. The summed E-state index contributed by atoms with van der Waals surface area (Å²) in [5.74, 6) is -0.00185. The second-order valence-corrected chi connectivity index (χ2v) is 3.90. The van der Waals surface area contributed by atoms with Crippen LogP contribution in [0.1, 0.15) is 15.4 Å². The number of ketones is 1. The maximum Gasteiger partial charge on any atom is 0.189 e. The summed E-state index contributed by atoms with van der Waals surface area (Å²) in [4.78, 5) is 12.4. The van der Waals surface area contributed by atoms with Crippen LogP contribution in [0.5, 0.6) is 0 Å². The van der Waals surface area contributed by atoms with Crippen LogP contribution in [-0.2, 0) is 6.42 Å². The van der Waals surface area contributed by atoms with Crippen molar-refractivity contribution in [2.45, 2.75) is 6.42 Å². The van der Waals surface area contributed by atoms with Gasteiger partial charge in [0.2, 0.25) is 0 Å². The van der Waals surface area contributed by atoms with Crippen molar-refractivity contribution >= 4 is 28.8 Å². The maximum atomic E-state index is 11.5. The van der Waals surface area contributed by atoms with E-state index in [-0.39, 0.29) is 5.78 Å². The number of Topliss-reactive ketones (excluding diaryl/α,β-unsaturated/α-hetero) is 1. The lowest BCUT2D eigenvalue weighted by atomic mass is 10.2. The molecule has 0 saturated carbocycles. The molecule has 4 nitrogen and oxygen atoms in total. The van der Waals surface area contributed by atoms with Crippen molar-refractivity contribution < 1.29 is 4.79 Å². The number of nitrogens with zero attached hydrogens (tertiary/aromatic N) is 3. The SMILES string of the molecule is O=C(Cc1ccns1)c1csnn1. The minimum absolute atomic E-state index is 0.00185. The van der Waals surface area contributed by atoms with Gasteiger partial charge in [-0.3, -0.25) is 4.79 Å². The van der Waals surface area contributed by atoms with Gasteiger partial charge < -0.3 is 0 Å². The zero-order valence-corrected chi connectivity index (χ0v) is 8.14. The Bertz CT molecular complexity index is 382. The highest BCUT2D eigenvalue weighted by molar-refractivity contribution is 7.05. The van der Waals surface area contributed by atoms with E-state index in [1.807, 2.05) is 6.07 Å². The fourth-order valence-electron chi connectivity index (χ4n) is 0.868. The molecule has 0 fully saturated rings. The molecule has 0 atom stereocenters. The standard InChI is InChI=1S/C7H5N3OS2/c11-7(6-4-12-10-9-6)3-5-1-2-8-13-5/h1-2,4H,3H2. The van der Waals surface area contributed by atoms with Gasteiger partial charge >= 0.3 is 0 Å². The van der Waals surface area contributed by atoms with Gasteiger partial charge in [0.1, 0.15) is 5.69 Å². The van der Waals surface area contributed by atoms with Crippen LogP contribution in [0.4, 0.5) is 0 Å². The minimum Gasteiger partial charge on any atom is -0.292 e. The van der Waals surface area contributed by atoms with E-state index in [0.717, 1.165) is 4.88 Å². The first-order chi connectivity index (χ1) is 6.36. The molecular formula is C7H5N3OS2. The van der Waals surface area contributed by atoms with Crippen molar-refractivity contribution in [2.75, 3.05) is 0 Å². The molecule has 0 aliphatic carbocycles. The summed E-state index contributed by atoms with van der Waals surface area (Å²) in [5.41, 5.74) is 0.443. The number of hydrogen-bond donors (Lipinski definition) is 0. The van der Waals surface area contributed by atoms with Crippen LogP contribution in [0.25, 0.3) is 0 Å². The molecule has 6 heteroatoms. The van der Waals surface area contributed by atoms with Crippen LogP contribution in [-0.4, -0.2) is 19.7 Å². The monoisotopic (exact) mass is 211 g/mol. The van der Waals surface area contributed by atoms with E-state index in [2.05, 4.69) is 14.0 Å².